The van der Waals surface area contributed by atoms with Gasteiger partial charge in [0, 0.05) is 24.1 Å². The Morgan fingerprint density at radius 2 is 2.11 bits per heavy atom. The fourth-order valence-electron chi connectivity index (χ4n) is 2.89. The molecule has 2 heterocycles. The zero-order valence-electron chi connectivity index (χ0n) is 11.3. The Morgan fingerprint density at radius 3 is 2.89 bits per heavy atom. The van der Waals surface area contributed by atoms with E-state index in [1.807, 2.05) is 31.3 Å². The first-order chi connectivity index (χ1) is 9.33. The monoisotopic (exact) mass is 256 g/mol. The third-order valence-electron chi connectivity index (χ3n) is 3.82. The van der Waals surface area contributed by atoms with Crippen LogP contribution in [0, 0.1) is 6.92 Å². The zero-order chi connectivity index (χ0) is 13.1. The van der Waals surface area contributed by atoms with Crippen molar-refractivity contribution in [3.63, 3.8) is 0 Å². The Hall–Kier alpha value is -1.84. The van der Waals surface area contributed by atoms with E-state index < -0.39 is 0 Å². The van der Waals surface area contributed by atoms with E-state index in [-0.39, 0.29) is 0 Å². The van der Waals surface area contributed by atoms with Crippen LogP contribution in [0.15, 0.2) is 36.7 Å². The molecule has 0 bridgehead atoms. The summed E-state index contributed by atoms with van der Waals surface area (Å²) in [5, 5.41) is 7.99. The average Bonchev–Trinajstić information content (AvgIpc) is 2.93. The highest BCUT2D eigenvalue weighted by Crippen LogP contribution is 2.30. The van der Waals surface area contributed by atoms with Crippen molar-refractivity contribution in [3.8, 4) is 0 Å². The summed E-state index contributed by atoms with van der Waals surface area (Å²) in [4.78, 5) is 4.54. The maximum atomic E-state index is 4.54. The van der Waals surface area contributed by atoms with Crippen LogP contribution in [0.1, 0.15) is 37.4 Å². The van der Waals surface area contributed by atoms with Gasteiger partial charge in [-0.3, -0.25) is 4.68 Å². The van der Waals surface area contributed by atoms with E-state index in [1.165, 1.54) is 25.7 Å². The van der Waals surface area contributed by atoms with E-state index in [0.717, 1.165) is 11.5 Å². The van der Waals surface area contributed by atoms with E-state index in [4.69, 9.17) is 0 Å². The first kappa shape index (κ1) is 12.2. The topological polar surface area (TPSA) is 42.7 Å². The molecule has 1 aliphatic carbocycles. The molecule has 0 amide bonds. The molecule has 4 nitrogen and oxygen atoms in total. The van der Waals surface area contributed by atoms with Crippen molar-refractivity contribution in [1.29, 1.82) is 0 Å². The quantitative estimate of drug-likeness (QED) is 0.917. The molecule has 0 aliphatic heterocycles. The molecule has 1 N–H and O–H groups in total. The van der Waals surface area contributed by atoms with E-state index in [2.05, 4.69) is 32.3 Å². The third-order valence-corrected chi connectivity index (χ3v) is 3.82. The first-order valence-electron chi connectivity index (χ1n) is 7.02. The summed E-state index contributed by atoms with van der Waals surface area (Å²) in [6, 6.07) is 8.97. The molecule has 3 rings (SSSR count). The molecule has 4 heteroatoms. The van der Waals surface area contributed by atoms with Crippen molar-refractivity contribution in [1.82, 2.24) is 14.8 Å². The van der Waals surface area contributed by atoms with Crippen molar-refractivity contribution >= 4 is 5.82 Å². The van der Waals surface area contributed by atoms with Gasteiger partial charge in [-0.05, 0) is 38.0 Å². The Balaban J connectivity index is 1.77. The maximum Gasteiger partial charge on any atom is 0.126 e. The van der Waals surface area contributed by atoms with Crippen LogP contribution in [-0.2, 0) is 0 Å². The SMILES string of the molecule is Cc1cccc(NC2CCCCC2n2cccn2)n1. The molecule has 1 saturated carbocycles. The van der Waals surface area contributed by atoms with Gasteiger partial charge in [-0.15, -0.1) is 0 Å². The Labute approximate surface area is 113 Å². The number of hydrogen-bond donors (Lipinski definition) is 1. The van der Waals surface area contributed by atoms with Gasteiger partial charge in [0.15, 0.2) is 0 Å². The number of rotatable bonds is 3. The number of anilines is 1. The molecule has 2 atom stereocenters. The van der Waals surface area contributed by atoms with Crippen LogP contribution in [-0.4, -0.2) is 20.8 Å². The minimum atomic E-state index is 0.419. The molecular weight excluding hydrogens is 236 g/mol. The van der Waals surface area contributed by atoms with Crippen LogP contribution in [0.25, 0.3) is 0 Å². The molecule has 1 aliphatic rings. The number of nitrogens with one attached hydrogen (secondary N) is 1. The van der Waals surface area contributed by atoms with E-state index in [1.54, 1.807) is 0 Å². The van der Waals surface area contributed by atoms with Gasteiger partial charge in [-0.25, -0.2) is 4.98 Å². The minimum Gasteiger partial charge on any atom is -0.365 e. The molecule has 2 unspecified atom stereocenters. The molecule has 19 heavy (non-hydrogen) atoms. The largest absolute Gasteiger partial charge is 0.365 e. The lowest BCUT2D eigenvalue weighted by Crippen LogP contribution is -2.34. The number of pyridine rings is 1. The zero-order valence-corrected chi connectivity index (χ0v) is 11.3. The third kappa shape index (κ3) is 2.78. The molecule has 1 fully saturated rings. The second-order valence-electron chi connectivity index (χ2n) is 5.25. The van der Waals surface area contributed by atoms with Gasteiger partial charge in [-0.1, -0.05) is 18.9 Å². The highest BCUT2D eigenvalue weighted by molar-refractivity contribution is 5.36. The molecule has 0 saturated heterocycles. The molecule has 2 aromatic heterocycles. The van der Waals surface area contributed by atoms with Gasteiger partial charge in [0.1, 0.15) is 5.82 Å². The van der Waals surface area contributed by atoms with Crippen molar-refractivity contribution < 1.29 is 0 Å². The van der Waals surface area contributed by atoms with Crippen LogP contribution in [0.3, 0.4) is 0 Å². The van der Waals surface area contributed by atoms with Crippen LogP contribution in [0.2, 0.25) is 0 Å². The van der Waals surface area contributed by atoms with Crippen molar-refractivity contribution in [2.45, 2.75) is 44.7 Å². The molecule has 2 aromatic rings. The van der Waals surface area contributed by atoms with Crippen molar-refractivity contribution in [2.75, 3.05) is 5.32 Å². The van der Waals surface area contributed by atoms with Gasteiger partial charge in [0.25, 0.3) is 0 Å². The summed E-state index contributed by atoms with van der Waals surface area (Å²) in [6.45, 7) is 2.02. The van der Waals surface area contributed by atoms with Gasteiger partial charge >= 0.3 is 0 Å². The summed E-state index contributed by atoms with van der Waals surface area (Å²) in [6.07, 6.45) is 8.85. The number of aryl methyl sites for hydroxylation is 1. The van der Waals surface area contributed by atoms with Crippen molar-refractivity contribution in [2.24, 2.45) is 0 Å². The van der Waals surface area contributed by atoms with Crippen molar-refractivity contribution in [3.05, 3.63) is 42.4 Å². The second kappa shape index (κ2) is 5.43. The van der Waals surface area contributed by atoms with Gasteiger partial charge < -0.3 is 5.32 Å². The predicted molar refractivity (Wildman–Crippen MR) is 76.1 cm³/mol. The van der Waals surface area contributed by atoms with E-state index in [0.29, 0.717) is 12.1 Å². The van der Waals surface area contributed by atoms with Crippen LogP contribution in [0.5, 0.6) is 0 Å². The fraction of sp³-hybridized carbons (Fsp3) is 0.467. The summed E-state index contributed by atoms with van der Waals surface area (Å²) < 4.78 is 2.09. The van der Waals surface area contributed by atoms with Crippen LogP contribution in [0.4, 0.5) is 5.82 Å². The lowest BCUT2D eigenvalue weighted by atomic mass is 9.90. The lowest BCUT2D eigenvalue weighted by Gasteiger charge is -2.32. The van der Waals surface area contributed by atoms with E-state index >= 15 is 0 Å². The fourth-order valence-corrected chi connectivity index (χ4v) is 2.89. The molecular formula is C15H20N4. The number of nitrogens with zero attached hydrogens (tertiary/aromatic N) is 3. The number of aromatic nitrogens is 3. The van der Waals surface area contributed by atoms with Gasteiger partial charge in [0.2, 0.25) is 0 Å². The van der Waals surface area contributed by atoms with E-state index in [9.17, 15) is 0 Å². The molecule has 0 aromatic carbocycles. The predicted octanol–water partition coefficient (Wildman–Crippen LogP) is 3.18. The Morgan fingerprint density at radius 1 is 1.21 bits per heavy atom. The first-order valence-corrected chi connectivity index (χ1v) is 7.02. The lowest BCUT2D eigenvalue weighted by molar-refractivity contribution is 0.301. The highest BCUT2D eigenvalue weighted by Gasteiger charge is 2.26. The summed E-state index contributed by atoms with van der Waals surface area (Å²) in [5.41, 5.74) is 1.05. The minimum absolute atomic E-state index is 0.419. The van der Waals surface area contributed by atoms with Crippen LogP contribution >= 0.6 is 0 Å². The summed E-state index contributed by atoms with van der Waals surface area (Å²) in [5.74, 6) is 0.976. The Kier molecular flexibility index (Phi) is 3.49. The molecule has 0 radical (unpaired) electrons. The number of hydrogen-bond acceptors (Lipinski definition) is 3. The maximum absolute atomic E-state index is 4.54. The highest BCUT2D eigenvalue weighted by atomic mass is 15.3. The normalized spacial score (nSPS) is 23.2. The second-order valence-corrected chi connectivity index (χ2v) is 5.25. The smallest absolute Gasteiger partial charge is 0.126 e. The van der Waals surface area contributed by atoms with Gasteiger partial charge in [-0.2, -0.15) is 5.10 Å². The van der Waals surface area contributed by atoms with Crippen LogP contribution < -0.4 is 5.32 Å². The average molecular weight is 256 g/mol. The standard InChI is InChI=1S/C15H20N4/c1-12-6-4-9-15(17-12)18-13-7-2-3-8-14(13)19-11-5-10-16-19/h4-6,9-11,13-14H,2-3,7-8H2,1H3,(H,17,18). The molecule has 0 spiro atoms. The summed E-state index contributed by atoms with van der Waals surface area (Å²) >= 11 is 0. The molecule has 100 valence electrons. The summed E-state index contributed by atoms with van der Waals surface area (Å²) in [7, 11) is 0. The van der Waals surface area contributed by atoms with Gasteiger partial charge in [0.05, 0.1) is 6.04 Å². The Bertz CT molecular complexity index is 521.